The molecule has 0 bridgehead atoms. The minimum atomic E-state index is -0.166. The van der Waals surface area contributed by atoms with Crippen molar-refractivity contribution >= 4 is 15.9 Å². The zero-order valence-corrected chi connectivity index (χ0v) is 12.5. The normalized spacial score (nSPS) is 24.2. The lowest BCUT2D eigenvalue weighted by molar-refractivity contribution is 0.232. The van der Waals surface area contributed by atoms with Gasteiger partial charge in [0.1, 0.15) is 5.82 Å². The van der Waals surface area contributed by atoms with Crippen LogP contribution in [0, 0.1) is 17.7 Å². The Morgan fingerprint density at radius 2 is 2.00 bits per heavy atom. The molecule has 1 saturated carbocycles. The molecule has 1 N–H and O–H groups in total. The van der Waals surface area contributed by atoms with E-state index in [2.05, 4.69) is 21.2 Å². The molecule has 2 atom stereocenters. The van der Waals surface area contributed by atoms with E-state index in [1.54, 1.807) is 12.1 Å². The van der Waals surface area contributed by atoms with Gasteiger partial charge in [-0.15, -0.1) is 0 Å². The fraction of sp³-hybridized carbons (Fsp3) is 0.600. The number of nitrogens with one attached hydrogen (secondary N) is 1. The van der Waals surface area contributed by atoms with Crippen LogP contribution in [0.1, 0.15) is 31.2 Å². The highest BCUT2D eigenvalue weighted by Crippen LogP contribution is 2.33. The van der Waals surface area contributed by atoms with Gasteiger partial charge in [0.05, 0.1) is 0 Å². The molecular formula is C15H21BrFN. The number of hydrogen-bond donors (Lipinski definition) is 1. The highest BCUT2D eigenvalue weighted by atomic mass is 79.9. The summed E-state index contributed by atoms with van der Waals surface area (Å²) in [4.78, 5) is 0. The minimum absolute atomic E-state index is 0.166. The summed E-state index contributed by atoms with van der Waals surface area (Å²) >= 11 is 3.48. The summed E-state index contributed by atoms with van der Waals surface area (Å²) < 4.78 is 14.0. The lowest BCUT2D eigenvalue weighted by Crippen LogP contribution is -2.30. The molecule has 1 aromatic carbocycles. The van der Waals surface area contributed by atoms with E-state index in [1.807, 2.05) is 13.1 Å². The summed E-state index contributed by atoms with van der Waals surface area (Å²) in [5.41, 5.74) is 1.24. The van der Waals surface area contributed by atoms with E-state index in [0.717, 1.165) is 29.3 Å². The Balaban J connectivity index is 2.06. The average Bonchev–Trinajstić information content (AvgIpc) is 2.35. The predicted octanol–water partition coefficient (Wildman–Crippen LogP) is 4.16. The second-order valence-electron chi connectivity index (χ2n) is 5.30. The van der Waals surface area contributed by atoms with Crippen LogP contribution in [0.2, 0.25) is 0 Å². The van der Waals surface area contributed by atoms with Crippen molar-refractivity contribution in [2.45, 2.75) is 32.1 Å². The Morgan fingerprint density at radius 1 is 1.28 bits per heavy atom. The van der Waals surface area contributed by atoms with Crippen molar-refractivity contribution in [1.82, 2.24) is 5.32 Å². The van der Waals surface area contributed by atoms with E-state index >= 15 is 0 Å². The maximum atomic E-state index is 13.1. The van der Waals surface area contributed by atoms with E-state index < -0.39 is 0 Å². The van der Waals surface area contributed by atoms with Gasteiger partial charge in [0, 0.05) is 4.47 Å². The van der Waals surface area contributed by atoms with Crippen molar-refractivity contribution in [2.75, 3.05) is 13.6 Å². The van der Waals surface area contributed by atoms with Crippen LogP contribution in [0.3, 0.4) is 0 Å². The van der Waals surface area contributed by atoms with Gasteiger partial charge in [-0.1, -0.05) is 34.8 Å². The molecule has 2 unspecified atom stereocenters. The third kappa shape index (κ3) is 3.55. The molecule has 1 fully saturated rings. The maximum absolute atomic E-state index is 13.1. The van der Waals surface area contributed by atoms with Crippen molar-refractivity contribution in [3.8, 4) is 0 Å². The van der Waals surface area contributed by atoms with Crippen molar-refractivity contribution in [3.63, 3.8) is 0 Å². The van der Waals surface area contributed by atoms with Gasteiger partial charge in [-0.05, 0) is 62.4 Å². The lowest BCUT2D eigenvalue weighted by atomic mass is 9.76. The largest absolute Gasteiger partial charge is 0.319 e. The summed E-state index contributed by atoms with van der Waals surface area (Å²) in [6.07, 6.45) is 6.38. The van der Waals surface area contributed by atoms with Crippen molar-refractivity contribution < 1.29 is 4.39 Å². The molecule has 1 nitrogen and oxygen atoms in total. The third-order valence-electron chi connectivity index (χ3n) is 4.03. The van der Waals surface area contributed by atoms with Crippen LogP contribution in [-0.4, -0.2) is 13.6 Å². The van der Waals surface area contributed by atoms with E-state index in [9.17, 15) is 4.39 Å². The molecule has 0 radical (unpaired) electrons. The Morgan fingerprint density at radius 3 is 2.67 bits per heavy atom. The van der Waals surface area contributed by atoms with E-state index in [0.29, 0.717) is 0 Å². The minimum Gasteiger partial charge on any atom is -0.319 e. The van der Waals surface area contributed by atoms with Crippen LogP contribution in [0.4, 0.5) is 4.39 Å². The molecule has 3 heteroatoms. The highest BCUT2D eigenvalue weighted by molar-refractivity contribution is 9.10. The van der Waals surface area contributed by atoms with Gasteiger partial charge >= 0.3 is 0 Å². The van der Waals surface area contributed by atoms with Gasteiger partial charge in [-0.3, -0.25) is 0 Å². The first-order valence-corrected chi connectivity index (χ1v) is 7.58. The van der Waals surface area contributed by atoms with Crippen LogP contribution < -0.4 is 5.32 Å². The Hall–Kier alpha value is -0.410. The lowest BCUT2D eigenvalue weighted by Gasteiger charge is -2.31. The Labute approximate surface area is 117 Å². The first-order chi connectivity index (χ1) is 8.70. The first kappa shape index (κ1) is 14.0. The quantitative estimate of drug-likeness (QED) is 0.880. The van der Waals surface area contributed by atoms with Crippen LogP contribution in [-0.2, 0) is 6.42 Å². The Kier molecular flexibility index (Phi) is 5.19. The summed E-state index contributed by atoms with van der Waals surface area (Å²) in [6, 6.07) is 5.06. The van der Waals surface area contributed by atoms with Crippen molar-refractivity contribution in [1.29, 1.82) is 0 Å². The third-order valence-corrected chi connectivity index (χ3v) is 4.77. The summed E-state index contributed by atoms with van der Waals surface area (Å²) in [7, 11) is 2.03. The standard InChI is InChI=1S/C15H21BrFN/c1-18-10-13-5-3-2-4-11(13)8-12-6-7-14(17)9-15(12)16/h6-7,9,11,13,18H,2-5,8,10H2,1H3. The molecule has 1 aliphatic carbocycles. The molecule has 0 aromatic heterocycles. The smallest absolute Gasteiger partial charge is 0.124 e. The first-order valence-electron chi connectivity index (χ1n) is 6.79. The predicted molar refractivity (Wildman–Crippen MR) is 77.2 cm³/mol. The number of benzene rings is 1. The Bertz CT molecular complexity index is 392. The van der Waals surface area contributed by atoms with Crippen LogP contribution in [0.5, 0.6) is 0 Å². The molecule has 100 valence electrons. The molecule has 0 spiro atoms. The fourth-order valence-corrected chi connectivity index (χ4v) is 3.57. The van der Waals surface area contributed by atoms with Crippen LogP contribution in [0.25, 0.3) is 0 Å². The fourth-order valence-electron chi connectivity index (χ4n) is 3.05. The summed E-state index contributed by atoms with van der Waals surface area (Å²) in [6.45, 7) is 1.10. The maximum Gasteiger partial charge on any atom is 0.124 e. The molecule has 0 aliphatic heterocycles. The second-order valence-corrected chi connectivity index (χ2v) is 6.16. The van der Waals surface area contributed by atoms with Gasteiger partial charge in [0.15, 0.2) is 0 Å². The van der Waals surface area contributed by atoms with Gasteiger partial charge in [0.25, 0.3) is 0 Å². The van der Waals surface area contributed by atoms with E-state index in [4.69, 9.17) is 0 Å². The van der Waals surface area contributed by atoms with Gasteiger partial charge in [-0.25, -0.2) is 4.39 Å². The van der Waals surface area contributed by atoms with Gasteiger partial charge in [0.2, 0.25) is 0 Å². The number of rotatable bonds is 4. The topological polar surface area (TPSA) is 12.0 Å². The molecule has 0 saturated heterocycles. The second kappa shape index (κ2) is 6.67. The molecule has 18 heavy (non-hydrogen) atoms. The zero-order valence-electron chi connectivity index (χ0n) is 10.9. The van der Waals surface area contributed by atoms with Gasteiger partial charge in [-0.2, -0.15) is 0 Å². The molecule has 0 amide bonds. The summed E-state index contributed by atoms with van der Waals surface area (Å²) in [5, 5.41) is 3.31. The highest BCUT2D eigenvalue weighted by Gasteiger charge is 2.25. The van der Waals surface area contributed by atoms with Crippen molar-refractivity contribution in [3.05, 3.63) is 34.1 Å². The number of hydrogen-bond acceptors (Lipinski definition) is 1. The average molecular weight is 314 g/mol. The molecule has 1 aromatic rings. The SMILES string of the molecule is CNCC1CCCCC1Cc1ccc(F)cc1Br. The molecular weight excluding hydrogens is 293 g/mol. The van der Waals surface area contributed by atoms with Crippen LogP contribution in [0.15, 0.2) is 22.7 Å². The van der Waals surface area contributed by atoms with Gasteiger partial charge < -0.3 is 5.32 Å². The molecule has 2 rings (SSSR count). The van der Waals surface area contributed by atoms with Crippen LogP contribution >= 0.6 is 15.9 Å². The van der Waals surface area contributed by atoms with E-state index in [-0.39, 0.29) is 5.82 Å². The monoisotopic (exact) mass is 313 g/mol. The molecule has 1 aliphatic rings. The zero-order chi connectivity index (χ0) is 13.0. The number of halogens is 2. The summed E-state index contributed by atoms with van der Waals surface area (Å²) in [5.74, 6) is 1.33. The molecule has 0 heterocycles. The van der Waals surface area contributed by atoms with Crippen molar-refractivity contribution in [2.24, 2.45) is 11.8 Å². The van der Waals surface area contributed by atoms with E-state index in [1.165, 1.54) is 31.2 Å².